The SMILES string of the molecule is Nc1ccc2c(c1)CCC2NC(=O)c1cnc[nH]1. The van der Waals surface area contributed by atoms with Gasteiger partial charge in [0, 0.05) is 5.69 Å². The normalized spacial score (nSPS) is 17.4. The maximum atomic E-state index is 11.9. The number of nitrogens with zero attached hydrogens (tertiary/aromatic N) is 1. The van der Waals surface area contributed by atoms with Crippen molar-refractivity contribution in [2.75, 3.05) is 5.73 Å². The van der Waals surface area contributed by atoms with Gasteiger partial charge in [-0.05, 0) is 36.1 Å². The van der Waals surface area contributed by atoms with Gasteiger partial charge in [0.2, 0.25) is 0 Å². The Morgan fingerprint density at radius 1 is 1.50 bits per heavy atom. The highest BCUT2D eigenvalue weighted by Gasteiger charge is 2.24. The number of hydrogen-bond donors (Lipinski definition) is 3. The summed E-state index contributed by atoms with van der Waals surface area (Å²) in [4.78, 5) is 18.6. The van der Waals surface area contributed by atoms with E-state index in [1.807, 2.05) is 18.2 Å². The van der Waals surface area contributed by atoms with Crippen LogP contribution in [-0.4, -0.2) is 15.9 Å². The largest absolute Gasteiger partial charge is 0.399 e. The van der Waals surface area contributed by atoms with Gasteiger partial charge in [0.1, 0.15) is 5.69 Å². The van der Waals surface area contributed by atoms with Gasteiger partial charge >= 0.3 is 0 Å². The van der Waals surface area contributed by atoms with E-state index in [9.17, 15) is 4.79 Å². The summed E-state index contributed by atoms with van der Waals surface area (Å²) in [6.45, 7) is 0. The number of rotatable bonds is 2. The van der Waals surface area contributed by atoms with E-state index in [0.29, 0.717) is 5.69 Å². The second-order valence-corrected chi connectivity index (χ2v) is 4.49. The van der Waals surface area contributed by atoms with Crippen LogP contribution in [0.25, 0.3) is 0 Å². The molecule has 1 aliphatic rings. The molecule has 0 bridgehead atoms. The lowest BCUT2D eigenvalue weighted by atomic mass is 10.1. The van der Waals surface area contributed by atoms with Crippen molar-refractivity contribution in [3.63, 3.8) is 0 Å². The van der Waals surface area contributed by atoms with Crippen LogP contribution in [0.4, 0.5) is 5.69 Å². The molecule has 5 nitrogen and oxygen atoms in total. The Morgan fingerprint density at radius 2 is 2.39 bits per heavy atom. The monoisotopic (exact) mass is 242 g/mol. The number of amides is 1. The fourth-order valence-electron chi connectivity index (χ4n) is 2.40. The molecule has 1 aromatic carbocycles. The minimum absolute atomic E-state index is 0.0661. The minimum atomic E-state index is -0.123. The Hall–Kier alpha value is -2.30. The van der Waals surface area contributed by atoms with E-state index in [1.165, 1.54) is 18.1 Å². The number of anilines is 1. The predicted octanol–water partition coefficient (Wildman–Crippen LogP) is 1.41. The smallest absolute Gasteiger partial charge is 0.269 e. The minimum Gasteiger partial charge on any atom is -0.399 e. The number of H-pyrrole nitrogens is 1. The molecule has 1 amide bonds. The second kappa shape index (κ2) is 4.18. The number of fused-ring (bicyclic) bond motifs is 1. The molecule has 2 aromatic rings. The van der Waals surface area contributed by atoms with E-state index in [2.05, 4.69) is 15.3 Å². The number of nitrogen functional groups attached to an aromatic ring is 1. The number of imidazole rings is 1. The first-order valence-corrected chi connectivity index (χ1v) is 5.91. The first-order chi connectivity index (χ1) is 8.74. The topological polar surface area (TPSA) is 83.8 Å². The lowest BCUT2D eigenvalue weighted by Crippen LogP contribution is -2.27. The van der Waals surface area contributed by atoms with Crippen LogP contribution in [0.15, 0.2) is 30.7 Å². The number of aromatic amines is 1. The molecule has 18 heavy (non-hydrogen) atoms. The maximum absolute atomic E-state index is 11.9. The first-order valence-electron chi connectivity index (χ1n) is 5.91. The summed E-state index contributed by atoms with van der Waals surface area (Å²) >= 11 is 0. The number of carbonyl (C=O) groups excluding carboxylic acids is 1. The van der Waals surface area contributed by atoms with Gasteiger partial charge in [-0.3, -0.25) is 4.79 Å². The van der Waals surface area contributed by atoms with Crippen molar-refractivity contribution in [3.8, 4) is 0 Å². The van der Waals surface area contributed by atoms with E-state index in [4.69, 9.17) is 5.73 Å². The molecule has 4 N–H and O–H groups in total. The summed E-state index contributed by atoms with van der Waals surface area (Å²) < 4.78 is 0. The van der Waals surface area contributed by atoms with Gasteiger partial charge in [0.25, 0.3) is 5.91 Å². The molecule has 3 rings (SSSR count). The third-order valence-corrected chi connectivity index (χ3v) is 3.29. The van der Waals surface area contributed by atoms with Gasteiger partial charge in [0.15, 0.2) is 0 Å². The molecule has 0 spiro atoms. The van der Waals surface area contributed by atoms with Crippen LogP contribution < -0.4 is 11.1 Å². The Balaban J connectivity index is 1.79. The Labute approximate surface area is 104 Å². The van der Waals surface area contributed by atoms with E-state index >= 15 is 0 Å². The molecule has 0 radical (unpaired) electrons. The average molecular weight is 242 g/mol. The number of carbonyl (C=O) groups is 1. The number of hydrogen-bond acceptors (Lipinski definition) is 3. The summed E-state index contributed by atoms with van der Waals surface area (Å²) in [5.74, 6) is -0.123. The van der Waals surface area contributed by atoms with Gasteiger partial charge < -0.3 is 16.0 Å². The molecule has 1 aromatic heterocycles. The molecule has 0 aliphatic heterocycles. The van der Waals surface area contributed by atoms with Crippen molar-refractivity contribution in [1.82, 2.24) is 15.3 Å². The molecule has 5 heteroatoms. The molecule has 0 saturated carbocycles. The summed E-state index contributed by atoms with van der Waals surface area (Å²) in [6, 6.07) is 5.92. The lowest BCUT2D eigenvalue weighted by Gasteiger charge is -2.13. The molecule has 1 unspecified atom stereocenters. The maximum Gasteiger partial charge on any atom is 0.269 e. The Bertz CT molecular complexity index is 577. The van der Waals surface area contributed by atoms with Crippen LogP contribution in [0.3, 0.4) is 0 Å². The van der Waals surface area contributed by atoms with Gasteiger partial charge in [0.05, 0.1) is 18.6 Å². The zero-order valence-corrected chi connectivity index (χ0v) is 9.81. The molecule has 1 heterocycles. The molecular formula is C13H14N4O. The fraction of sp³-hybridized carbons (Fsp3) is 0.231. The molecule has 1 atom stereocenters. The number of benzene rings is 1. The second-order valence-electron chi connectivity index (χ2n) is 4.49. The highest BCUT2D eigenvalue weighted by molar-refractivity contribution is 5.92. The molecule has 0 saturated heterocycles. The summed E-state index contributed by atoms with van der Waals surface area (Å²) in [6.07, 6.45) is 4.89. The first kappa shape index (κ1) is 10.8. The third kappa shape index (κ3) is 1.84. The number of aryl methyl sites for hydroxylation is 1. The van der Waals surface area contributed by atoms with Crippen molar-refractivity contribution in [3.05, 3.63) is 47.5 Å². The standard InChI is InChI=1S/C13H14N4O/c14-9-2-3-10-8(5-9)1-4-11(10)17-13(18)12-6-15-7-16-12/h2-3,5-7,11H,1,4,14H2,(H,15,16)(H,17,18). The van der Waals surface area contributed by atoms with Crippen molar-refractivity contribution < 1.29 is 4.79 Å². The van der Waals surface area contributed by atoms with E-state index in [-0.39, 0.29) is 11.9 Å². The van der Waals surface area contributed by atoms with Crippen LogP contribution in [0.5, 0.6) is 0 Å². The van der Waals surface area contributed by atoms with E-state index in [0.717, 1.165) is 24.1 Å². The van der Waals surface area contributed by atoms with Gasteiger partial charge in [-0.15, -0.1) is 0 Å². The molecule has 0 fully saturated rings. The average Bonchev–Trinajstić information content (AvgIpc) is 2.98. The number of nitrogens with two attached hydrogens (primary N) is 1. The van der Waals surface area contributed by atoms with Gasteiger partial charge in [-0.2, -0.15) is 0 Å². The van der Waals surface area contributed by atoms with E-state index in [1.54, 1.807) is 0 Å². The third-order valence-electron chi connectivity index (χ3n) is 3.29. The highest BCUT2D eigenvalue weighted by Crippen LogP contribution is 2.32. The quantitative estimate of drug-likeness (QED) is 0.696. The molecule has 1 aliphatic carbocycles. The zero-order chi connectivity index (χ0) is 12.5. The van der Waals surface area contributed by atoms with E-state index < -0.39 is 0 Å². The summed E-state index contributed by atoms with van der Waals surface area (Å²) in [7, 11) is 0. The molecular weight excluding hydrogens is 228 g/mol. The molecule has 92 valence electrons. The van der Waals surface area contributed by atoms with Crippen LogP contribution in [0.2, 0.25) is 0 Å². The Morgan fingerprint density at radius 3 is 3.17 bits per heavy atom. The fourth-order valence-corrected chi connectivity index (χ4v) is 2.40. The lowest BCUT2D eigenvalue weighted by molar-refractivity contribution is 0.0932. The summed E-state index contributed by atoms with van der Waals surface area (Å²) in [5, 5.41) is 3.01. The van der Waals surface area contributed by atoms with Crippen LogP contribution in [0.1, 0.15) is 34.1 Å². The van der Waals surface area contributed by atoms with Gasteiger partial charge in [-0.25, -0.2) is 4.98 Å². The van der Waals surface area contributed by atoms with Crippen LogP contribution in [0, 0.1) is 0 Å². The van der Waals surface area contributed by atoms with Crippen LogP contribution in [-0.2, 0) is 6.42 Å². The Kier molecular flexibility index (Phi) is 2.51. The highest BCUT2D eigenvalue weighted by atomic mass is 16.1. The van der Waals surface area contributed by atoms with Crippen molar-refractivity contribution in [1.29, 1.82) is 0 Å². The predicted molar refractivity (Wildman–Crippen MR) is 68.0 cm³/mol. The summed E-state index contributed by atoms with van der Waals surface area (Å²) in [5.41, 5.74) is 9.40. The van der Waals surface area contributed by atoms with Crippen molar-refractivity contribution in [2.24, 2.45) is 0 Å². The zero-order valence-electron chi connectivity index (χ0n) is 9.81. The van der Waals surface area contributed by atoms with Crippen molar-refractivity contribution >= 4 is 11.6 Å². The van der Waals surface area contributed by atoms with Crippen molar-refractivity contribution in [2.45, 2.75) is 18.9 Å². The number of aromatic nitrogens is 2. The van der Waals surface area contributed by atoms with Gasteiger partial charge in [-0.1, -0.05) is 6.07 Å². The number of nitrogens with one attached hydrogen (secondary N) is 2. The van der Waals surface area contributed by atoms with Crippen LogP contribution >= 0.6 is 0 Å².